The Bertz CT molecular complexity index is 307. The molecule has 1 heterocycles. The van der Waals surface area contributed by atoms with Crippen molar-refractivity contribution >= 4 is 5.91 Å². The van der Waals surface area contributed by atoms with Gasteiger partial charge in [0.1, 0.15) is 0 Å². The van der Waals surface area contributed by atoms with Crippen molar-refractivity contribution in [1.29, 1.82) is 0 Å². The fraction of sp³-hybridized carbons (Fsp3) is 0.933. The van der Waals surface area contributed by atoms with Crippen LogP contribution in [0.25, 0.3) is 0 Å². The molecule has 1 aliphatic heterocycles. The lowest BCUT2D eigenvalue weighted by atomic mass is 9.97. The van der Waals surface area contributed by atoms with Crippen molar-refractivity contribution in [2.75, 3.05) is 53.6 Å². The zero-order valence-corrected chi connectivity index (χ0v) is 13.9. The van der Waals surface area contributed by atoms with Crippen molar-refractivity contribution < 1.29 is 14.3 Å². The van der Waals surface area contributed by atoms with Crippen molar-refractivity contribution in [2.45, 2.75) is 38.3 Å². The maximum atomic E-state index is 12.9. The highest BCUT2D eigenvalue weighted by atomic mass is 16.5. The number of carbonyl (C=O) groups is 1. The summed E-state index contributed by atoms with van der Waals surface area (Å²) in [5.74, 6) is 0.168. The molecule has 21 heavy (non-hydrogen) atoms. The van der Waals surface area contributed by atoms with Crippen LogP contribution >= 0.6 is 0 Å². The van der Waals surface area contributed by atoms with Crippen molar-refractivity contribution in [3.63, 3.8) is 0 Å². The van der Waals surface area contributed by atoms with Gasteiger partial charge in [-0.1, -0.05) is 0 Å². The first-order valence-corrected chi connectivity index (χ1v) is 7.71. The zero-order valence-electron chi connectivity index (χ0n) is 13.9. The van der Waals surface area contributed by atoms with Crippen molar-refractivity contribution in [3.8, 4) is 0 Å². The molecule has 0 aliphatic carbocycles. The smallest absolute Gasteiger partial charge is 0.242 e. The summed E-state index contributed by atoms with van der Waals surface area (Å²) < 4.78 is 10.3. The van der Waals surface area contributed by atoms with E-state index < -0.39 is 5.54 Å². The molecule has 0 aromatic rings. The van der Waals surface area contributed by atoms with Crippen LogP contribution in [-0.2, 0) is 14.3 Å². The normalized spacial score (nSPS) is 17.5. The third kappa shape index (κ3) is 5.21. The van der Waals surface area contributed by atoms with Crippen molar-refractivity contribution in [1.82, 2.24) is 9.80 Å². The van der Waals surface area contributed by atoms with Gasteiger partial charge in [-0.15, -0.1) is 0 Å². The Balaban J connectivity index is 2.69. The number of amides is 1. The Labute approximate surface area is 128 Å². The Morgan fingerprint density at radius 1 is 1.19 bits per heavy atom. The number of hydrogen-bond acceptors (Lipinski definition) is 5. The van der Waals surface area contributed by atoms with Gasteiger partial charge in [-0.2, -0.15) is 0 Å². The van der Waals surface area contributed by atoms with Gasteiger partial charge in [0.2, 0.25) is 5.91 Å². The van der Waals surface area contributed by atoms with Crippen LogP contribution in [0, 0.1) is 0 Å². The summed E-state index contributed by atoms with van der Waals surface area (Å²) in [6, 6.07) is 0.232. The van der Waals surface area contributed by atoms with E-state index in [-0.39, 0.29) is 11.9 Å². The molecule has 1 aliphatic rings. The third-order valence-corrected chi connectivity index (χ3v) is 4.27. The monoisotopic (exact) mass is 301 g/mol. The van der Waals surface area contributed by atoms with Crippen molar-refractivity contribution in [3.05, 3.63) is 0 Å². The maximum Gasteiger partial charge on any atom is 0.242 e. The fourth-order valence-corrected chi connectivity index (χ4v) is 2.70. The second-order valence-corrected chi connectivity index (χ2v) is 6.16. The van der Waals surface area contributed by atoms with E-state index >= 15 is 0 Å². The van der Waals surface area contributed by atoms with E-state index in [9.17, 15) is 4.79 Å². The minimum Gasteiger partial charge on any atom is -0.383 e. The number of nitrogens with zero attached hydrogens (tertiary/aromatic N) is 2. The van der Waals surface area contributed by atoms with E-state index in [2.05, 4.69) is 4.90 Å². The molecule has 0 radical (unpaired) electrons. The van der Waals surface area contributed by atoms with E-state index in [0.717, 1.165) is 25.9 Å². The number of piperidine rings is 1. The summed E-state index contributed by atoms with van der Waals surface area (Å²) in [4.78, 5) is 16.9. The van der Waals surface area contributed by atoms with Gasteiger partial charge in [-0.3, -0.25) is 9.69 Å². The summed E-state index contributed by atoms with van der Waals surface area (Å²) in [6.45, 7) is 8.11. The van der Waals surface area contributed by atoms with Crippen LogP contribution in [0.2, 0.25) is 0 Å². The fourth-order valence-electron chi connectivity index (χ4n) is 2.70. The minimum atomic E-state index is -0.557. The van der Waals surface area contributed by atoms with Gasteiger partial charge >= 0.3 is 0 Å². The molecule has 6 heteroatoms. The second-order valence-electron chi connectivity index (χ2n) is 6.16. The molecular formula is C15H31N3O3. The molecule has 124 valence electrons. The first-order valence-electron chi connectivity index (χ1n) is 7.71. The summed E-state index contributed by atoms with van der Waals surface area (Å²) in [5, 5.41) is 0. The lowest BCUT2D eigenvalue weighted by Crippen LogP contribution is -2.59. The molecule has 6 nitrogen and oxygen atoms in total. The molecule has 2 N–H and O–H groups in total. The Hall–Kier alpha value is -0.690. The van der Waals surface area contributed by atoms with E-state index in [1.165, 1.54) is 0 Å². The quantitative estimate of drug-likeness (QED) is 0.699. The Morgan fingerprint density at radius 3 is 2.10 bits per heavy atom. The van der Waals surface area contributed by atoms with Crippen LogP contribution in [0.1, 0.15) is 26.7 Å². The van der Waals surface area contributed by atoms with Gasteiger partial charge in [0.15, 0.2) is 0 Å². The maximum absolute atomic E-state index is 12.9. The molecule has 0 atom stereocenters. The van der Waals surface area contributed by atoms with Crippen LogP contribution in [0.3, 0.4) is 0 Å². The number of ether oxygens (including phenoxy) is 2. The number of hydrogen-bond donors (Lipinski definition) is 1. The molecule has 1 saturated heterocycles. The van der Waals surface area contributed by atoms with E-state index in [1.807, 2.05) is 18.7 Å². The number of methoxy groups -OCH3 is 2. The average molecular weight is 301 g/mol. The first kappa shape index (κ1) is 18.4. The molecule has 0 unspecified atom stereocenters. The van der Waals surface area contributed by atoms with Gasteiger partial charge in [-0.25, -0.2) is 0 Å². The van der Waals surface area contributed by atoms with Crippen LogP contribution < -0.4 is 5.73 Å². The van der Waals surface area contributed by atoms with Gasteiger partial charge in [0.25, 0.3) is 0 Å². The van der Waals surface area contributed by atoms with Gasteiger partial charge < -0.3 is 20.1 Å². The van der Waals surface area contributed by atoms with Crippen LogP contribution in [0.5, 0.6) is 0 Å². The van der Waals surface area contributed by atoms with Gasteiger partial charge in [0, 0.05) is 46.4 Å². The Morgan fingerprint density at radius 2 is 1.67 bits per heavy atom. The van der Waals surface area contributed by atoms with E-state index in [0.29, 0.717) is 26.3 Å². The van der Waals surface area contributed by atoms with Gasteiger partial charge in [0.05, 0.1) is 18.8 Å². The van der Waals surface area contributed by atoms with Crippen LogP contribution in [-0.4, -0.2) is 80.9 Å². The van der Waals surface area contributed by atoms with Gasteiger partial charge in [-0.05, 0) is 26.7 Å². The lowest BCUT2D eigenvalue weighted by molar-refractivity contribution is -0.144. The topological polar surface area (TPSA) is 68.0 Å². The van der Waals surface area contributed by atoms with E-state index in [1.54, 1.807) is 14.2 Å². The number of nitrogens with two attached hydrogens (primary N) is 1. The van der Waals surface area contributed by atoms with Crippen LogP contribution in [0.15, 0.2) is 0 Å². The third-order valence-electron chi connectivity index (χ3n) is 4.27. The highest BCUT2D eigenvalue weighted by Gasteiger charge is 2.38. The summed E-state index contributed by atoms with van der Waals surface area (Å²) in [5.41, 5.74) is 5.36. The molecule has 0 spiro atoms. The summed E-state index contributed by atoms with van der Waals surface area (Å²) in [7, 11) is 3.35. The molecule has 0 saturated carbocycles. The standard InChI is InChI=1S/C15H31N3O3/c1-15(2,18(9-11-20-3)10-12-21-4)14(19)17-7-5-13(16)6-8-17/h13H,5-12,16H2,1-4H3. The molecule has 0 aromatic carbocycles. The zero-order chi connectivity index (χ0) is 15.9. The van der Waals surface area contributed by atoms with E-state index in [4.69, 9.17) is 15.2 Å². The molecule has 0 bridgehead atoms. The highest BCUT2D eigenvalue weighted by molar-refractivity contribution is 5.85. The first-order chi connectivity index (χ1) is 9.93. The number of rotatable bonds is 8. The molecular weight excluding hydrogens is 270 g/mol. The number of carbonyl (C=O) groups excluding carboxylic acids is 1. The Kier molecular flexibility index (Phi) is 7.59. The molecule has 1 fully saturated rings. The lowest BCUT2D eigenvalue weighted by Gasteiger charge is -2.42. The highest BCUT2D eigenvalue weighted by Crippen LogP contribution is 2.20. The summed E-state index contributed by atoms with van der Waals surface area (Å²) >= 11 is 0. The average Bonchev–Trinajstić information content (AvgIpc) is 2.47. The number of likely N-dealkylation sites (tertiary alicyclic amines) is 1. The largest absolute Gasteiger partial charge is 0.383 e. The molecule has 0 aromatic heterocycles. The minimum absolute atomic E-state index is 0.168. The second kappa shape index (κ2) is 8.68. The predicted molar refractivity (Wildman–Crippen MR) is 83.2 cm³/mol. The van der Waals surface area contributed by atoms with Crippen LogP contribution in [0.4, 0.5) is 0 Å². The predicted octanol–water partition coefficient (Wildman–Crippen LogP) is 0.310. The summed E-state index contributed by atoms with van der Waals surface area (Å²) in [6.07, 6.45) is 1.77. The SMILES string of the molecule is COCCN(CCOC)C(C)(C)C(=O)N1CCC(N)CC1. The molecule has 1 rings (SSSR count). The molecule has 1 amide bonds. The van der Waals surface area contributed by atoms with Crippen molar-refractivity contribution in [2.24, 2.45) is 5.73 Å².